The fraction of sp³-hybridized carbons (Fsp3) is 0.500. The standard InChI is InChI=1S/C24H32N2O3S/c1-3-4-11-22(27)25(14-8-16-29-2)18-23(28)26-15-12-21-20(13-17-30-21)24(26)19-9-6-5-7-10-19/h5-7,9-10,13,17,24H,3-4,8,11-12,14-16,18H2,1-2H3/t24-/m0/s1. The lowest BCUT2D eigenvalue weighted by atomic mass is 9.93. The number of unbranched alkanes of at least 4 members (excludes halogenated alkanes) is 1. The van der Waals surface area contributed by atoms with Gasteiger partial charge in [-0.1, -0.05) is 43.7 Å². The van der Waals surface area contributed by atoms with Crippen molar-refractivity contribution < 1.29 is 14.3 Å². The summed E-state index contributed by atoms with van der Waals surface area (Å²) in [6.07, 6.45) is 3.92. The number of amides is 2. The van der Waals surface area contributed by atoms with E-state index in [0.29, 0.717) is 26.1 Å². The molecule has 0 bridgehead atoms. The van der Waals surface area contributed by atoms with E-state index in [4.69, 9.17) is 4.74 Å². The van der Waals surface area contributed by atoms with Crippen LogP contribution in [-0.4, -0.2) is 55.0 Å². The van der Waals surface area contributed by atoms with Crippen molar-refractivity contribution in [2.24, 2.45) is 0 Å². The van der Waals surface area contributed by atoms with Crippen molar-refractivity contribution in [1.82, 2.24) is 9.80 Å². The average Bonchev–Trinajstić information content (AvgIpc) is 3.25. The van der Waals surface area contributed by atoms with Crippen molar-refractivity contribution in [3.63, 3.8) is 0 Å². The van der Waals surface area contributed by atoms with Crippen LogP contribution in [0.25, 0.3) is 0 Å². The molecule has 162 valence electrons. The molecule has 2 amide bonds. The maximum absolute atomic E-state index is 13.4. The Bertz CT molecular complexity index is 821. The van der Waals surface area contributed by atoms with E-state index in [1.807, 2.05) is 23.1 Å². The van der Waals surface area contributed by atoms with Gasteiger partial charge in [0.05, 0.1) is 12.6 Å². The van der Waals surface area contributed by atoms with Crippen LogP contribution in [0.4, 0.5) is 0 Å². The van der Waals surface area contributed by atoms with Crippen molar-refractivity contribution in [2.45, 2.75) is 45.1 Å². The molecule has 0 radical (unpaired) electrons. The lowest BCUT2D eigenvalue weighted by molar-refractivity contribution is -0.142. The zero-order valence-corrected chi connectivity index (χ0v) is 18.8. The summed E-state index contributed by atoms with van der Waals surface area (Å²) in [5.74, 6) is 0.0776. The summed E-state index contributed by atoms with van der Waals surface area (Å²) in [7, 11) is 1.66. The molecule has 5 nitrogen and oxygen atoms in total. The van der Waals surface area contributed by atoms with Gasteiger partial charge in [0.25, 0.3) is 0 Å². The van der Waals surface area contributed by atoms with Gasteiger partial charge in [0, 0.05) is 38.1 Å². The molecular weight excluding hydrogens is 396 g/mol. The van der Waals surface area contributed by atoms with Crippen molar-refractivity contribution in [2.75, 3.05) is 33.4 Å². The molecular formula is C24H32N2O3S. The molecule has 1 atom stereocenters. The molecule has 0 aliphatic carbocycles. The van der Waals surface area contributed by atoms with Crippen LogP contribution in [0.5, 0.6) is 0 Å². The summed E-state index contributed by atoms with van der Waals surface area (Å²) >= 11 is 1.76. The number of ether oxygens (including phenoxy) is 1. The number of carbonyl (C=O) groups excluding carboxylic acids is 2. The normalized spacial score (nSPS) is 15.7. The first kappa shape index (κ1) is 22.5. The minimum Gasteiger partial charge on any atom is -0.385 e. The number of thiophene rings is 1. The van der Waals surface area contributed by atoms with E-state index in [1.54, 1.807) is 23.3 Å². The van der Waals surface area contributed by atoms with Crippen LogP contribution in [0.1, 0.15) is 54.7 Å². The Morgan fingerprint density at radius 2 is 2.00 bits per heavy atom. The van der Waals surface area contributed by atoms with E-state index in [9.17, 15) is 9.59 Å². The van der Waals surface area contributed by atoms with Crippen LogP contribution < -0.4 is 0 Å². The topological polar surface area (TPSA) is 49.9 Å². The van der Waals surface area contributed by atoms with Gasteiger partial charge in [-0.25, -0.2) is 0 Å². The first-order valence-electron chi connectivity index (χ1n) is 10.8. The van der Waals surface area contributed by atoms with Gasteiger partial charge >= 0.3 is 0 Å². The smallest absolute Gasteiger partial charge is 0.242 e. The highest BCUT2D eigenvalue weighted by Crippen LogP contribution is 2.37. The average molecular weight is 429 g/mol. The first-order chi connectivity index (χ1) is 14.7. The Labute approximate surface area is 183 Å². The van der Waals surface area contributed by atoms with Crippen LogP contribution in [0.2, 0.25) is 0 Å². The predicted molar refractivity (Wildman–Crippen MR) is 121 cm³/mol. The van der Waals surface area contributed by atoms with Gasteiger partial charge in [0.1, 0.15) is 0 Å². The van der Waals surface area contributed by atoms with Crippen LogP contribution in [-0.2, 0) is 20.7 Å². The Hall–Kier alpha value is -2.18. The van der Waals surface area contributed by atoms with E-state index >= 15 is 0 Å². The molecule has 2 heterocycles. The minimum atomic E-state index is -0.0831. The Balaban J connectivity index is 1.79. The maximum atomic E-state index is 13.4. The van der Waals surface area contributed by atoms with Crippen molar-refractivity contribution in [1.29, 1.82) is 0 Å². The van der Waals surface area contributed by atoms with E-state index in [0.717, 1.165) is 31.2 Å². The molecule has 0 saturated heterocycles. The molecule has 6 heteroatoms. The largest absolute Gasteiger partial charge is 0.385 e. The van der Waals surface area contributed by atoms with E-state index in [-0.39, 0.29) is 24.4 Å². The van der Waals surface area contributed by atoms with Crippen LogP contribution >= 0.6 is 11.3 Å². The fourth-order valence-corrected chi connectivity index (χ4v) is 4.92. The van der Waals surface area contributed by atoms with Crippen molar-refractivity contribution in [3.8, 4) is 0 Å². The third-order valence-electron chi connectivity index (χ3n) is 5.60. The van der Waals surface area contributed by atoms with Gasteiger partial charge in [-0.15, -0.1) is 11.3 Å². The monoisotopic (exact) mass is 428 g/mol. The second kappa shape index (κ2) is 11.3. The number of hydrogen-bond acceptors (Lipinski definition) is 4. The van der Waals surface area contributed by atoms with Crippen LogP contribution in [0.15, 0.2) is 41.8 Å². The maximum Gasteiger partial charge on any atom is 0.242 e. The van der Waals surface area contributed by atoms with Crippen LogP contribution in [0.3, 0.4) is 0 Å². The molecule has 0 fully saturated rings. The Morgan fingerprint density at radius 3 is 2.73 bits per heavy atom. The summed E-state index contributed by atoms with van der Waals surface area (Å²) in [6, 6.07) is 12.3. The predicted octanol–water partition coefficient (Wildman–Crippen LogP) is 4.28. The lowest BCUT2D eigenvalue weighted by Gasteiger charge is -2.37. The van der Waals surface area contributed by atoms with Gasteiger partial charge in [-0.2, -0.15) is 0 Å². The zero-order chi connectivity index (χ0) is 21.3. The Morgan fingerprint density at radius 1 is 1.20 bits per heavy atom. The first-order valence-corrected chi connectivity index (χ1v) is 11.7. The number of benzene rings is 1. The molecule has 30 heavy (non-hydrogen) atoms. The van der Waals surface area contributed by atoms with Gasteiger partial charge in [-0.05, 0) is 41.8 Å². The van der Waals surface area contributed by atoms with Gasteiger partial charge in [0.2, 0.25) is 11.8 Å². The van der Waals surface area contributed by atoms with Crippen LogP contribution in [0, 0.1) is 0 Å². The highest BCUT2D eigenvalue weighted by molar-refractivity contribution is 7.10. The highest BCUT2D eigenvalue weighted by Gasteiger charge is 2.33. The molecule has 1 aromatic heterocycles. The second-order valence-electron chi connectivity index (χ2n) is 7.71. The van der Waals surface area contributed by atoms with Gasteiger partial charge in [-0.3, -0.25) is 9.59 Å². The molecule has 1 aromatic carbocycles. The zero-order valence-electron chi connectivity index (χ0n) is 18.0. The molecule has 0 N–H and O–H groups in total. The summed E-state index contributed by atoms with van der Waals surface area (Å²) in [5.41, 5.74) is 2.34. The Kier molecular flexibility index (Phi) is 8.46. The molecule has 0 spiro atoms. The third kappa shape index (κ3) is 5.49. The number of rotatable bonds is 10. The summed E-state index contributed by atoms with van der Waals surface area (Å²) < 4.78 is 5.15. The number of hydrogen-bond donors (Lipinski definition) is 0. The van der Waals surface area contributed by atoms with Crippen molar-refractivity contribution in [3.05, 3.63) is 57.8 Å². The summed E-state index contributed by atoms with van der Waals surface area (Å²) in [6.45, 7) is 4.02. The van der Waals surface area contributed by atoms with E-state index in [2.05, 4.69) is 30.5 Å². The van der Waals surface area contributed by atoms with Gasteiger partial charge in [0.15, 0.2) is 0 Å². The number of methoxy groups -OCH3 is 1. The molecule has 1 aliphatic heterocycles. The van der Waals surface area contributed by atoms with Crippen molar-refractivity contribution >= 4 is 23.2 Å². The van der Waals surface area contributed by atoms with E-state index < -0.39 is 0 Å². The lowest BCUT2D eigenvalue weighted by Crippen LogP contribution is -2.47. The molecule has 1 aliphatic rings. The highest BCUT2D eigenvalue weighted by atomic mass is 32.1. The molecule has 0 unspecified atom stereocenters. The SMILES string of the molecule is CCCCC(=O)N(CCCOC)CC(=O)N1CCc2sccc2[C@@H]1c1ccccc1. The summed E-state index contributed by atoms with van der Waals surface area (Å²) in [5, 5.41) is 2.11. The quantitative estimate of drug-likeness (QED) is 0.531. The fourth-order valence-electron chi connectivity index (χ4n) is 4.01. The number of fused-ring (bicyclic) bond motifs is 1. The summed E-state index contributed by atoms with van der Waals surface area (Å²) in [4.78, 5) is 31.2. The third-order valence-corrected chi connectivity index (χ3v) is 6.60. The molecule has 2 aromatic rings. The second-order valence-corrected chi connectivity index (χ2v) is 8.72. The molecule has 3 rings (SSSR count). The number of nitrogens with zero attached hydrogens (tertiary/aromatic N) is 2. The minimum absolute atomic E-state index is 0.0166. The van der Waals surface area contributed by atoms with Gasteiger partial charge < -0.3 is 14.5 Å². The molecule has 0 saturated carbocycles. The number of carbonyl (C=O) groups is 2. The van der Waals surface area contributed by atoms with E-state index in [1.165, 1.54) is 10.4 Å².